The molecule has 0 aliphatic heterocycles. The van der Waals surface area contributed by atoms with Crippen molar-refractivity contribution in [3.63, 3.8) is 0 Å². The minimum Gasteiger partial charge on any atom is -0.496 e. The minimum atomic E-state index is -0.956. The number of benzene rings is 1. The Balaban J connectivity index is 2.62. The monoisotopic (exact) mass is 275 g/mol. The lowest BCUT2D eigenvalue weighted by Crippen LogP contribution is -1.95. The molecule has 1 aromatic carbocycles. The van der Waals surface area contributed by atoms with Crippen LogP contribution in [0.2, 0.25) is 0 Å². The van der Waals surface area contributed by atoms with E-state index in [1.807, 2.05) is 19.1 Å². The second-order valence-electron chi connectivity index (χ2n) is 4.55. The molecule has 1 aromatic heterocycles. The van der Waals surface area contributed by atoms with Crippen LogP contribution in [0.3, 0.4) is 0 Å². The van der Waals surface area contributed by atoms with Crippen LogP contribution in [-0.2, 0) is 0 Å². The van der Waals surface area contributed by atoms with Gasteiger partial charge in [0.05, 0.1) is 25.5 Å². The first-order valence-corrected chi connectivity index (χ1v) is 6.13. The molecule has 1 heterocycles. The molecular weight excluding hydrogens is 258 g/mol. The van der Waals surface area contributed by atoms with E-state index >= 15 is 0 Å². The fraction of sp³-hybridized carbons (Fsp3) is 0.267. The molecule has 0 aliphatic rings. The maximum absolute atomic E-state index is 11.1. The second kappa shape index (κ2) is 5.28. The summed E-state index contributed by atoms with van der Waals surface area (Å²) >= 11 is 0. The molecule has 0 fully saturated rings. The average Bonchev–Trinajstić information content (AvgIpc) is 2.80. The highest BCUT2D eigenvalue weighted by Crippen LogP contribution is 2.36. The number of aromatic carboxylic acids is 1. The normalized spacial score (nSPS) is 10.4. The van der Waals surface area contributed by atoms with E-state index in [1.54, 1.807) is 27.2 Å². The Hall–Kier alpha value is -2.43. The Bertz CT molecular complexity index is 658. The molecule has 0 aliphatic carbocycles. The number of rotatable bonds is 4. The quantitative estimate of drug-likeness (QED) is 0.899. The van der Waals surface area contributed by atoms with E-state index in [-0.39, 0.29) is 5.56 Å². The molecular formula is C15H17NO4. The van der Waals surface area contributed by atoms with Crippen molar-refractivity contribution >= 4 is 5.97 Å². The minimum absolute atomic E-state index is 0.251. The second-order valence-corrected chi connectivity index (χ2v) is 4.55. The van der Waals surface area contributed by atoms with Gasteiger partial charge in [-0.2, -0.15) is 0 Å². The van der Waals surface area contributed by atoms with Gasteiger partial charge in [0.1, 0.15) is 11.5 Å². The molecule has 0 saturated carbocycles. The van der Waals surface area contributed by atoms with Gasteiger partial charge in [-0.05, 0) is 37.6 Å². The Kier molecular flexibility index (Phi) is 3.70. The van der Waals surface area contributed by atoms with Crippen LogP contribution in [0, 0.1) is 13.8 Å². The molecule has 0 atom stereocenters. The summed E-state index contributed by atoms with van der Waals surface area (Å²) in [7, 11) is 3.18. The number of carboxylic acids is 1. The van der Waals surface area contributed by atoms with Crippen LogP contribution >= 0.6 is 0 Å². The molecule has 0 unspecified atom stereocenters. The first kappa shape index (κ1) is 14.0. The van der Waals surface area contributed by atoms with Gasteiger partial charge in [0.2, 0.25) is 0 Å². The van der Waals surface area contributed by atoms with Crippen molar-refractivity contribution in [3.8, 4) is 22.8 Å². The van der Waals surface area contributed by atoms with Crippen molar-refractivity contribution in [1.82, 2.24) is 4.98 Å². The number of carbonyl (C=O) groups is 1. The largest absolute Gasteiger partial charge is 0.496 e. The van der Waals surface area contributed by atoms with Gasteiger partial charge in [0.25, 0.3) is 0 Å². The first-order valence-electron chi connectivity index (χ1n) is 6.13. The summed E-state index contributed by atoms with van der Waals surface area (Å²) in [6.07, 6.45) is 0. The molecule has 0 bridgehead atoms. The van der Waals surface area contributed by atoms with Gasteiger partial charge in [-0.3, -0.25) is 0 Å². The molecule has 5 heteroatoms. The zero-order chi connectivity index (χ0) is 14.9. The maximum Gasteiger partial charge on any atom is 0.337 e. The average molecular weight is 275 g/mol. The SMILES string of the molecule is COc1cc(-c2cc(C(=O)O)c(C)[nH]2)c(OC)cc1C. The van der Waals surface area contributed by atoms with Crippen molar-refractivity contribution in [2.75, 3.05) is 14.2 Å². The number of aryl methyl sites for hydroxylation is 2. The van der Waals surface area contributed by atoms with Crippen LogP contribution in [0.5, 0.6) is 11.5 Å². The van der Waals surface area contributed by atoms with Crippen molar-refractivity contribution in [2.24, 2.45) is 0 Å². The predicted octanol–water partition coefficient (Wildman–Crippen LogP) is 3.01. The molecule has 0 radical (unpaired) electrons. The third-order valence-corrected chi connectivity index (χ3v) is 3.25. The third kappa shape index (κ3) is 2.34. The van der Waals surface area contributed by atoms with Gasteiger partial charge in [-0.25, -0.2) is 4.79 Å². The van der Waals surface area contributed by atoms with Crippen molar-refractivity contribution in [2.45, 2.75) is 13.8 Å². The number of hydrogen-bond acceptors (Lipinski definition) is 3. The maximum atomic E-state index is 11.1. The molecule has 106 valence electrons. The number of hydrogen-bond donors (Lipinski definition) is 2. The Labute approximate surface area is 117 Å². The van der Waals surface area contributed by atoms with E-state index in [4.69, 9.17) is 14.6 Å². The number of methoxy groups -OCH3 is 2. The summed E-state index contributed by atoms with van der Waals surface area (Å²) in [5.74, 6) is 0.439. The number of carboxylic acid groups (broad SMARTS) is 1. The highest BCUT2D eigenvalue weighted by atomic mass is 16.5. The van der Waals surface area contributed by atoms with E-state index in [9.17, 15) is 4.79 Å². The lowest BCUT2D eigenvalue weighted by atomic mass is 10.1. The van der Waals surface area contributed by atoms with Crippen molar-refractivity contribution in [3.05, 3.63) is 35.0 Å². The smallest absolute Gasteiger partial charge is 0.337 e. The van der Waals surface area contributed by atoms with Crippen LogP contribution < -0.4 is 9.47 Å². The molecule has 2 aromatic rings. The molecule has 0 saturated heterocycles. The number of H-pyrrole nitrogens is 1. The van der Waals surface area contributed by atoms with Gasteiger partial charge >= 0.3 is 5.97 Å². The standard InChI is InChI=1S/C15H17NO4/c1-8-5-14(20-4)11(7-13(8)19-3)12-6-10(15(17)18)9(2)16-12/h5-7,16H,1-4H3,(H,17,18). The zero-order valence-corrected chi connectivity index (χ0v) is 11.9. The summed E-state index contributed by atoms with van der Waals surface area (Å²) < 4.78 is 10.7. The van der Waals surface area contributed by atoms with Gasteiger partial charge in [-0.15, -0.1) is 0 Å². The van der Waals surface area contributed by atoms with E-state index in [0.717, 1.165) is 16.9 Å². The van der Waals surface area contributed by atoms with E-state index in [2.05, 4.69) is 4.98 Å². The van der Waals surface area contributed by atoms with Gasteiger partial charge < -0.3 is 19.6 Å². The molecule has 5 nitrogen and oxygen atoms in total. The summed E-state index contributed by atoms with van der Waals surface area (Å²) in [4.78, 5) is 14.2. The lowest BCUT2D eigenvalue weighted by Gasteiger charge is -2.12. The summed E-state index contributed by atoms with van der Waals surface area (Å²) in [6.45, 7) is 3.65. The molecule has 2 rings (SSSR count). The van der Waals surface area contributed by atoms with Crippen LogP contribution in [0.25, 0.3) is 11.3 Å². The lowest BCUT2D eigenvalue weighted by molar-refractivity contribution is 0.0696. The highest BCUT2D eigenvalue weighted by Gasteiger charge is 2.16. The van der Waals surface area contributed by atoms with E-state index in [0.29, 0.717) is 17.1 Å². The van der Waals surface area contributed by atoms with Gasteiger partial charge in [0.15, 0.2) is 0 Å². The van der Waals surface area contributed by atoms with Crippen LogP contribution in [0.1, 0.15) is 21.6 Å². The van der Waals surface area contributed by atoms with Crippen molar-refractivity contribution in [1.29, 1.82) is 0 Å². The van der Waals surface area contributed by atoms with Crippen LogP contribution in [0.4, 0.5) is 0 Å². The molecule has 0 amide bonds. The Morgan fingerprint density at radius 3 is 2.25 bits per heavy atom. The van der Waals surface area contributed by atoms with Crippen LogP contribution in [-0.4, -0.2) is 30.3 Å². The zero-order valence-electron chi connectivity index (χ0n) is 11.9. The van der Waals surface area contributed by atoms with E-state index in [1.165, 1.54) is 0 Å². The van der Waals surface area contributed by atoms with Gasteiger partial charge in [-0.1, -0.05) is 0 Å². The van der Waals surface area contributed by atoms with Crippen molar-refractivity contribution < 1.29 is 19.4 Å². The molecule has 20 heavy (non-hydrogen) atoms. The number of aromatic nitrogens is 1. The number of ether oxygens (including phenoxy) is 2. The topological polar surface area (TPSA) is 71.5 Å². The highest BCUT2D eigenvalue weighted by molar-refractivity contribution is 5.91. The number of nitrogens with one attached hydrogen (secondary N) is 1. The fourth-order valence-corrected chi connectivity index (χ4v) is 2.19. The molecule has 2 N–H and O–H groups in total. The van der Waals surface area contributed by atoms with Gasteiger partial charge in [0, 0.05) is 11.3 Å². The van der Waals surface area contributed by atoms with E-state index < -0.39 is 5.97 Å². The van der Waals surface area contributed by atoms with Crippen LogP contribution in [0.15, 0.2) is 18.2 Å². The molecule has 0 spiro atoms. The summed E-state index contributed by atoms with van der Waals surface area (Å²) in [5, 5.41) is 9.12. The summed E-state index contributed by atoms with van der Waals surface area (Å²) in [5.41, 5.74) is 3.27. The first-order chi connectivity index (χ1) is 9.47. The fourth-order valence-electron chi connectivity index (χ4n) is 2.19. The summed E-state index contributed by atoms with van der Waals surface area (Å²) in [6, 6.07) is 5.31. The Morgan fingerprint density at radius 2 is 1.75 bits per heavy atom. The third-order valence-electron chi connectivity index (χ3n) is 3.25. The Morgan fingerprint density at radius 1 is 1.10 bits per heavy atom. The predicted molar refractivity (Wildman–Crippen MR) is 75.8 cm³/mol. The number of aromatic amines is 1.